The van der Waals surface area contributed by atoms with Crippen molar-refractivity contribution in [3.8, 4) is 0 Å². The number of nitrogens with zero attached hydrogens (tertiary/aromatic N) is 3. The summed E-state index contributed by atoms with van der Waals surface area (Å²) in [4.78, 5) is 18.5. The van der Waals surface area contributed by atoms with Gasteiger partial charge in [0.1, 0.15) is 0 Å². The summed E-state index contributed by atoms with van der Waals surface area (Å²) in [7, 11) is 1.91. The van der Waals surface area contributed by atoms with Gasteiger partial charge in [0, 0.05) is 26.7 Å². The maximum absolute atomic E-state index is 11.7. The van der Waals surface area contributed by atoms with Gasteiger partial charge in [-0.05, 0) is 57.7 Å². The second-order valence-corrected chi connectivity index (χ2v) is 6.54. The van der Waals surface area contributed by atoms with Gasteiger partial charge in [-0.3, -0.25) is 9.69 Å². The number of hydrogen-bond acceptors (Lipinski definition) is 3. The van der Waals surface area contributed by atoms with Gasteiger partial charge in [0.25, 0.3) is 0 Å². The molecule has 2 aliphatic rings. The second-order valence-electron chi connectivity index (χ2n) is 6.54. The number of piperazine rings is 1. The lowest BCUT2D eigenvalue weighted by molar-refractivity contribution is -0.134. The Morgan fingerprint density at radius 1 is 1.15 bits per heavy atom. The van der Waals surface area contributed by atoms with Crippen LogP contribution in [0.25, 0.3) is 0 Å². The van der Waals surface area contributed by atoms with Crippen LogP contribution in [-0.4, -0.2) is 73.5 Å². The van der Waals surface area contributed by atoms with Crippen molar-refractivity contribution in [1.29, 1.82) is 0 Å². The summed E-state index contributed by atoms with van der Waals surface area (Å²) in [5, 5.41) is 0. The fraction of sp³-hybridized carbons (Fsp3) is 0.938. The first-order chi connectivity index (χ1) is 9.69. The zero-order chi connectivity index (χ0) is 14.4. The molecule has 0 aromatic heterocycles. The van der Waals surface area contributed by atoms with Gasteiger partial charge in [0.2, 0.25) is 5.91 Å². The third-order valence-corrected chi connectivity index (χ3v) is 4.77. The lowest BCUT2D eigenvalue weighted by atomic mass is 9.93. The van der Waals surface area contributed by atoms with Crippen LogP contribution in [0.2, 0.25) is 0 Å². The molecule has 1 unspecified atom stereocenters. The van der Waals surface area contributed by atoms with Crippen molar-refractivity contribution in [2.24, 2.45) is 5.92 Å². The largest absolute Gasteiger partial charge is 0.343 e. The molecule has 0 saturated carbocycles. The van der Waals surface area contributed by atoms with Crippen LogP contribution < -0.4 is 0 Å². The molecule has 0 radical (unpaired) electrons. The summed E-state index contributed by atoms with van der Waals surface area (Å²) in [6, 6.07) is 0. The van der Waals surface area contributed by atoms with E-state index in [1.54, 1.807) is 0 Å². The molecule has 1 atom stereocenters. The topological polar surface area (TPSA) is 26.8 Å². The highest BCUT2D eigenvalue weighted by atomic mass is 16.2. The molecule has 2 saturated heterocycles. The van der Waals surface area contributed by atoms with Crippen molar-refractivity contribution < 1.29 is 4.79 Å². The Balaban J connectivity index is 1.62. The minimum Gasteiger partial charge on any atom is -0.343 e. The van der Waals surface area contributed by atoms with Crippen LogP contribution in [0.1, 0.15) is 39.0 Å². The minimum atomic E-state index is 0.281. The van der Waals surface area contributed by atoms with Crippen LogP contribution in [0, 0.1) is 5.92 Å². The molecular formula is C16H31N3O. The molecule has 0 aromatic carbocycles. The quantitative estimate of drug-likeness (QED) is 0.741. The fourth-order valence-electron chi connectivity index (χ4n) is 3.51. The molecule has 2 fully saturated rings. The highest BCUT2D eigenvalue weighted by Crippen LogP contribution is 2.21. The second kappa shape index (κ2) is 7.99. The van der Waals surface area contributed by atoms with Crippen LogP contribution in [0.4, 0.5) is 0 Å². The minimum absolute atomic E-state index is 0.281. The molecular weight excluding hydrogens is 250 g/mol. The van der Waals surface area contributed by atoms with Gasteiger partial charge in [-0.25, -0.2) is 0 Å². The van der Waals surface area contributed by atoms with Gasteiger partial charge >= 0.3 is 0 Å². The fourth-order valence-corrected chi connectivity index (χ4v) is 3.51. The summed E-state index contributed by atoms with van der Waals surface area (Å²) in [6.07, 6.45) is 6.64. The average Bonchev–Trinajstić information content (AvgIpc) is 2.44. The van der Waals surface area contributed by atoms with Crippen molar-refractivity contribution >= 4 is 5.91 Å². The van der Waals surface area contributed by atoms with E-state index < -0.39 is 0 Å². The normalized spacial score (nSPS) is 26.2. The Kier molecular flexibility index (Phi) is 6.30. The molecule has 0 N–H and O–H groups in total. The number of carbonyl (C=O) groups is 1. The first-order valence-corrected chi connectivity index (χ1v) is 8.37. The Morgan fingerprint density at radius 3 is 2.75 bits per heavy atom. The van der Waals surface area contributed by atoms with Crippen LogP contribution in [0.15, 0.2) is 0 Å². The highest BCUT2D eigenvalue weighted by Gasteiger charge is 2.22. The Bertz CT molecular complexity index is 306. The molecule has 4 heteroatoms. The smallest absolute Gasteiger partial charge is 0.236 e. The molecule has 2 heterocycles. The first-order valence-electron chi connectivity index (χ1n) is 8.37. The number of likely N-dealkylation sites (N-methyl/N-ethyl adjacent to an activating group) is 1. The number of amides is 1. The zero-order valence-electron chi connectivity index (χ0n) is 13.3. The summed E-state index contributed by atoms with van der Waals surface area (Å²) in [6.45, 7) is 9.82. The van der Waals surface area contributed by atoms with Gasteiger partial charge in [-0.15, -0.1) is 0 Å². The molecule has 2 aliphatic heterocycles. The van der Waals surface area contributed by atoms with Crippen LogP contribution in [-0.2, 0) is 4.79 Å². The lowest BCUT2D eigenvalue weighted by Crippen LogP contribution is -2.48. The predicted molar refractivity (Wildman–Crippen MR) is 82.8 cm³/mol. The molecule has 116 valence electrons. The highest BCUT2D eigenvalue weighted by molar-refractivity contribution is 5.78. The number of hydrogen-bond donors (Lipinski definition) is 0. The van der Waals surface area contributed by atoms with Gasteiger partial charge in [-0.1, -0.05) is 6.92 Å². The van der Waals surface area contributed by atoms with Crippen LogP contribution in [0.3, 0.4) is 0 Å². The monoisotopic (exact) mass is 281 g/mol. The molecule has 0 aromatic rings. The predicted octanol–water partition coefficient (Wildman–Crippen LogP) is 1.66. The third-order valence-electron chi connectivity index (χ3n) is 4.77. The molecule has 0 aliphatic carbocycles. The standard InChI is InChI=1S/C16H31N3O/c1-3-8-18-9-4-6-15(13-18)7-5-10-19-12-11-17(2)16(20)14-19/h15H,3-14H2,1-2H3. The van der Waals surface area contributed by atoms with Gasteiger partial charge < -0.3 is 9.80 Å². The van der Waals surface area contributed by atoms with Crippen molar-refractivity contribution in [2.45, 2.75) is 39.0 Å². The lowest BCUT2D eigenvalue weighted by Gasteiger charge is -2.34. The van der Waals surface area contributed by atoms with E-state index in [0.29, 0.717) is 6.54 Å². The van der Waals surface area contributed by atoms with Crippen molar-refractivity contribution in [1.82, 2.24) is 14.7 Å². The van der Waals surface area contributed by atoms with E-state index in [9.17, 15) is 4.79 Å². The maximum Gasteiger partial charge on any atom is 0.236 e. The van der Waals surface area contributed by atoms with E-state index in [4.69, 9.17) is 0 Å². The van der Waals surface area contributed by atoms with Crippen molar-refractivity contribution in [3.05, 3.63) is 0 Å². The summed E-state index contributed by atoms with van der Waals surface area (Å²) in [5.41, 5.74) is 0. The van der Waals surface area contributed by atoms with E-state index in [1.807, 2.05) is 11.9 Å². The molecule has 20 heavy (non-hydrogen) atoms. The van der Waals surface area contributed by atoms with Gasteiger partial charge in [0.15, 0.2) is 0 Å². The van der Waals surface area contributed by atoms with Crippen LogP contribution in [0.5, 0.6) is 0 Å². The summed E-state index contributed by atoms with van der Waals surface area (Å²) >= 11 is 0. The number of rotatable bonds is 6. The Labute approximate surface area is 124 Å². The van der Waals surface area contributed by atoms with Crippen LogP contribution >= 0.6 is 0 Å². The summed E-state index contributed by atoms with van der Waals surface area (Å²) < 4.78 is 0. The third kappa shape index (κ3) is 4.74. The van der Waals surface area contributed by atoms with Gasteiger partial charge in [-0.2, -0.15) is 0 Å². The van der Waals surface area contributed by atoms with E-state index in [-0.39, 0.29) is 5.91 Å². The van der Waals surface area contributed by atoms with E-state index in [1.165, 1.54) is 51.7 Å². The maximum atomic E-state index is 11.7. The SMILES string of the molecule is CCCN1CCCC(CCCN2CCN(C)C(=O)C2)C1. The molecule has 0 spiro atoms. The van der Waals surface area contributed by atoms with E-state index in [2.05, 4.69) is 16.7 Å². The molecule has 4 nitrogen and oxygen atoms in total. The Hall–Kier alpha value is -0.610. The van der Waals surface area contributed by atoms with E-state index >= 15 is 0 Å². The average molecular weight is 281 g/mol. The molecule has 0 bridgehead atoms. The first kappa shape index (κ1) is 15.8. The van der Waals surface area contributed by atoms with E-state index in [0.717, 1.165) is 25.6 Å². The van der Waals surface area contributed by atoms with Gasteiger partial charge in [0.05, 0.1) is 6.54 Å². The zero-order valence-corrected chi connectivity index (χ0v) is 13.3. The molecule has 1 amide bonds. The summed E-state index contributed by atoms with van der Waals surface area (Å²) in [5.74, 6) is 1.17. The Morgan fingerprint density at radius 2 is 2.00 bits per heavy atom. The number of carbonyl (C=O) groups excluding carboxylic acids is 1. The number of likely N-dealkylation sites (tertiary alicyclic amines) is 1. The van der Waals surface area contributed by atoms with Crippen molar-refractivity contribution in [3.63, 3.8) is 0 Å². The molecule has 2 rings (SSSR count). The van der Waals surface area contributed by atoms with Crippen molar-refractivity contribution in [2.75, 3.05) is 52.9 Å². The number of piperidine rings is 1.